The van der Waals surface area contributed by atoms with Crippen molar-refractivity contribution in [2.45, 2.75) is 38.1 Å². The van der Waals surface area contributed by atoms with E-state index in [1.54, 1.807) is 0 Å². The summed E-state index contributed by atoms with van der Waals surface area (Å²) in [4.78, 5) is 46.6. The minimum Gasteiger partial charge on any atom is -0.543 e. The molecule has 0 aromatic carbocycles. The summed E-state index contributed by atoms with van der Waals surface area (Å²) in [6.07, 6.45) is -2.24. The Morgan fingerprint density at radius 2 is 2.08 bits per heavy atom. The molecule has 1 unspecified atom stereocenters. The number of aliphatic carboxylic acids is 2. The van der Waals surface area contributed by atoms with Crippen LogP contribution in [0.4, 0.5) is 0 Å². The van der Waals surface area contributed by atoms with Gasteiger partial charge >= 0.3 is 35.5 Å². The molecule has 0 spiro atoms. The van der Waals surface area contributed by atoms with Crippen LogP contribution in [0.15, 0.2) is 10.6 Å². The van der Waals surface area contributed by atoms with E-state index in [9.17, 15) is 29.4 Å². The molecule has 4 atom stereocenters. The quantitative estimate of drug-likeness (QED) is 0.135. The molecule has 2 heterocycles. The van der Waals surface area contributed by atoms with Crippen LogP contribution >= 0.6 is 11.8 Å². The van der Waals surface area contributed by atoms with E-state index < -0.39 is 54.4 Å². The second-order valence-electron chi connectivity index (χ2n) is 5.86. The van der Waals surface area contributed by atoms with Crippen LogP contribution in [-0.2, 0) is 19.2 Å². The van der Waals surface area contributed by atoms with E-state index in [0.717, 1.165) is 16.7 Å². The summed E-state index contributed by atoms with van der Waals surface area (Å²) >= 11 is 1.05. The number of carboxylic acid groups (broad SMARTS) is 2. The number of nitrogens with two attached hydrogens (primary N) is 1. The SMILES string of the molecule is CC(O)[C@H]1C(=O)N2C(C(=O)[O-])=C(SC[C@@H](N)NC(=O)CC(=O)O)C[C@H]12.[Na+]. The van der Waals surface area contributed by atoms with E-state index in [0.29, 0.717) is 4.91 Å². The maximum absolute atomic E-state index is 12.0. The smallest absolute Gasteiger partial charge is 0.543 e. The summed E-state index contributed by atoms with van der Waals surface area (Å²) in [5.74, 6) is -4.57. The number of aliphatic hydroxyl groups excluding tert-OH is 1. The summed E-state index contributed by atoms with van der Waals surface area (Å²) < 4.78 is 0. The fourth-order valence-electron chi connectivity index (χ4n) is 2.98. The molecular formula is C14H18N3NaO7S. The summed E-state index contributed by atoms with van der Waals surface area (Å²) in [6.45, 7) is 1.47. The third kappa shape index (κ3) is 4.78. The number of thioether (sulfide) groups is 1. The molecule has 0 aromatic heterocycles. The van der Waals surface area contributed by atoms with Crippen molar-refractivity contribution in [2.75, 3.05) is 5.75 Å². The van der Waals surface area contributed by atoms with Crippen LogP contribution in [0.1, 0.15) is 19.8 Å². The Morgan fingerprint density at radius 1 is 1.46 bits per heavy atom. The molecule has 12 heteroatoms. The van der Waals surface area contributed by atoms with E-state index in [1.807, 2.05) is 0 Å². The number of carbonyl (C=O) groups is 4. The normalized spacial score (nSPS) is 23.5. The average molecular weight is 395 g/mol. The molecule has 0 radical (unpaired) electrons. The van der Waals surface area contributed by atoms with E-state index in [2.05, 4.69) is 5.32 Å². The zero-order valence-electron chi connectivity index (χ0n) is 14.3. The molecule has 1 saturated heterocycles. The maximum Gasteiger partial charge on any atom is 1.00 e. The number of carbonyl (C=O) groups excluding carboxylic acids is 3. The van der Waals surface area contributed by atoms with Gasteiger partial charge in [-0.15, -0.1) is 11.8 Å². The number of hydrogen-bond donors (Lipinski definition) is 4. The second-order valence-corrected chi connectivity index (χ2v) is 6.98. The minimum atomic E-state index is -1.49. The van der Waals surface area contributed by atoms with Crippen LogP contribution in [0.25, 0.3) is 0 Å². The molecule has 26 heavy (non-hydrogen) atoms. The fraction of sp³-hybridized carbons (Fsp3) is 0.571. The Labute approximate surface area is 175 Å². The number of carboxylic acids is 2. The van der Waals surface area contributed by atoms with Gasteiger partial charge in [0.15, 0.2) is 0 Å². The molecule has 2 amide bonds. The Bertz CT molecular complexity index is 654. The molecule has 2 rings (SSSR count). The standard InChI is InChI=1S/C14H19N3O7S.Na/c1-5(18)11-6-2-7(12(14(23)24)17(6)13(11)22)25-4-8(15)16-9(19)3-10(20)21;/h5-6,8,11,18H,2-4,15H2,1H3,(H,16,19)(H,20,21)(H,23,24);/q;+1/p-1/t5?,6-,8+,11-;/m1./s1. The largest absolute Gasteiger partial charge is 1.00 e. The Balaban J connectivity index is 0.00000338. The monoisotopic (exact) mass is 395 g/mol. The number of rotatable bonds is 8. The zero-order chi connectivity index (χ0) is 18.9. The second kappa shape index (κ2) is 9.20. The van der Waals surface area contributed by atoms with Crippen molar-refractivity contribution >= 4 is 35.5 Å². The van der Waals surface area contributed by atoms with Gasteiger partial charge in [-0.05, 0) is 6.92 Å². The van der Waals surface area contributed by atoms with Gasteiger partial charge in [0.2, 0.25) is 11.8 Å². The van der Waals surface area contributed by atoms with Crippen molar-refractivity contribution in [3.8, 4) is 0 Å². The molecule has 5 N–H and O–H groups in total. The van der Waals surface area contributed by atoms with E-state index in [4.69, 9.17) is 10.8 Å². The average Bonchev–Trinajstić information content (AvgIpc) is 2.78. The third-order valence-electron chi connectivity index (χ3n) is 3.98. The van der Waals surface area contributed by atoms with Crippen molar-refractivity contribution in [2.24, 2.45) is 11.7 Å². The summed E-state index contributed by atoms with van der Waals surface area (Å²) in [7, 11) is 0. The van der Waals surface area contributed by atoms with Crippen LogP contribution in [0, 0.1) is 5.92 Å². The van der Waals surface area contributed by atoms with Crippen LogP contribution < -0.4 is 45.7 Å². The summed E-state index contributed by atoms with van der Waals surface area (Å²) in [5.41, 5.74) is 5.45. The first-order chi connectivity index (χ1) is 11.6. The van der Waals surface area contributed by atoms with Crippen molar-refractivity contribution < 1.29 is 64.1 Å². The van der Waals surface area contributed by atoms with Crippen LogP contribution in [0.2, 0.25) is 0 Å². The molecule has 1 fully saturated rings. The third-order valence-corrected chi connectivity index (χ3v) is 5.21. The Hall–Kier alpha value is -1.11. The van der Waals surface area contributed by atoms with E-state index in [-0.39, 0.29) is 47.4 Å². The van der Waals surface area contributed by atoms with Gasteiger partial charge in [-0.25, -0.2) is 0 Å². The number of β-lactam (4-membered cyclic amide) rings is 1. The molecule has 138 valence electrons. The zero-order valence-corrected chi connectivity index (χ0v) is 17.1. The van der Waals surface area contributed by atoms with Gasteiger partial charge in [-0.2, -0.15) is 0 Å². The van der Waals surface area contributed by atoms with Crippen LogP contribution in [0.5, 0.6) is 0 Å². The summed E-state index contributed by atoms with van der Waals surface area (Å²) in [5, 5.41) is 31.8. The van der Waals surface area contributed by atoms with Crippen molar-refractivity contribution in [3.05, 3.63) is 10.6 Å². The van der Waals surface area contributed by atoms with Gasteiger partial charge in [0.05, 0.1) is 35.9 Å². The van der Waals surface area contributed by atoms with Gasteiger partial charge < -0.3 is 36.1 Å². The fourth-order valence-corrected chi connectivity index (χ4v) is 4.05. The molecule has 2 aliphatic rings. The molecule has 10 nitrogen and oxygen atoms in total. The van der Waals surface area contributed by atoms with E-state index >= 15 is 0 Å². The maximum atomic E-state index is 12.0. The van der Waals surface area contributed by atoms with E-state index in [1.165, 1.54) is 6.92 Å². The number of nitrogens with zero attached hydrogens (tertiary/aromatic N) is 1. The number of nitrogens with one attached hydrogen (secondary N) is 1. The van der Waals surface area contributed by atoms with Crippen molar-refractivity contribution in [3.63, 3.8) is 0 Å². The predicted octanol–water partition coefficient (Wildman–Crippen LogP) is -5.83. The first kappa shape index (κ1) is 22.9. The van der Waals surface area contributed by atoms with Gasteiger partial charge in [0, 0.05) is 17.1 Å². The molecular weight excluding hydrogens is 377 g/mol. The number of fused-ring (bicyclic) bond motifs is 1. The first-order valence-corrected chi connectivity index (χ1v) is 8.47. The summed E-state index contributed by atoms with van der Waals surface area (Å²) in [6, 6.07) is -0.430. The molecule has 0 bridgehead atoms. The molecule has 0 aliphatic carbocycles. The van der Waals surface area contributed by atoms with Crippen LogP contribution in [0.3, 0.4) is 0 Å². The van der Waals surface area contributed by atoms with Crippen molar-refractivity contribution in [1.82, 2.24) is 10.2 Å². The number of aliphatic hydroxyl groups is 1. The molecule has 0 aromatic rings. The Morgan fingerprint density at radius 3 is 2.58 bits per heavy atom. The van der Waals surface area contributed by atoms with Gasteiger partial charge in [-0.1, -0.05) is 0 Å². The number of hydrogen-bond acceptors (Lipinski definition) is 8. The first-order valence-electron chi connectivity index (χ1n) is 7.48. The van der Waals surface area contributed by atoms with Crippen LogP contribution in [-0.4, -0.2) is 62.9 Å². The Kier molecular flexibility index (Phi) is 8.11. The van der Waals surface area contributed by atoms with Gasteiger partial charge in [0.1, 0.15) is 6.42 Å². The van der Waals surface area contributed by atoms with Crippen molar-refractivity contribution in [1.29, 1.82) is 0 Å². The molecule has 0 saturated carbocycles. The van der Waals surface area contributed by atoms with Gasteiger partial charge in [0.25, 0.3) is 0 Å². The minimum absolute atomic E-state index is 0. The molecule has 2 aliphatic heterocycles. The topological polar surface area (TPSA) is 173 Å². The predicted molar refractivity (Wildman–Crippen MR) is 83.3 cm³/mol. The van der Waals surface area contributed by atoms with Gasteiger partial charge in [-0.3, -0.25) is 14.4 Å². The number of amides is 2.